The number of carboxylic acid groups (broad SMARTS) is 3. The second kappa shape index (κ2) is 6.18. The van der Waals surface area contributed by atoms with Gasteiger partial charge in [0.1, 0.15) is 0 Å². The van der Waals surface area contributed by atoms with Crippen molar-refractivity contribution in [1.29, 1.82) is 0 Å². The molecule has 0 rings (SSSR count). The molecule has 1 unspecified atom stereocenters. The van der Waals surface area contributed by atoms with Crippen molar-refractivity contribution in [3.63, 3.8) is 0 Å². The Bertz CT molecular complexity index is 344. The SMILES string of the molecule is C=CCC(C(=O)O)(C(=O)O)C(CC(C)C)C(=O)O. The Kier molecular flexibility index (Phi) is 5.55. The molecule has 0 aromatic heterocycles. The number of aliphatic carboxylic acids is 3. The zero-order valence-corrected chi connectivity index (χ0v) is 10.4. The standard InChI is InChI=1S/C12H18O6/c1-4-5-12(10(15)16,11(17)18)8(9(13)14)6-7(2)3/h4,7-8H,1,5-6H2,2-3H3,(H,13,14)(H,15,16)(H,17,18). The van der Waals surface area contributed by atoms with Gasteiger partial charge in [-0.1, -0.05) is 19.9 Å². The van der Waals surface area contributed by atoms with Crippen molar-refractivity contribution in [1.82, 2.24) is 0 Å². The summed E-state index contributed by atoms with van der Waals surface area (Å²) in [5.41, 5.74) is -2.36. The molecule has 0 aromatic carbocycles. The lowest BCUT2D eigenvalue weighted by molar-refractivity contribution is -0.176. The van der Waals surface area contributed by atoms with Crippen molar-refractivity contribution in [2.75, 3.05) is 0 Å². The van der Waals surface area contributed by atoms with E-state index in [1.165, 1.54) is 0 Å². The number of hydrogen-bond acceptors (Lipinski definition) is 3. The van der Waals surface area contributed by atoms with Gasteiger partial charge in [-0.05, 0) is 18.8 Å². The highest BCUT2D eigenvalue weighted by molar-refractivity contribution is 6.02. The quantitative estimate of drug-likeness (QED) is 0.449. The minimum atomic E-state index is -2.36. The molecule has 102 valence electrons. The van der Waals surface area contributed by atoms with Crippen molar-refractivity contribution in [3.05, 3.63) is 12.7 Å². The molecule has 1 atom stereocenters. The van der Waals surface area contributed by atoms with Gasteiger partial charge in [-0.3, -0.25) is 14.4 Å². The van der Waals surface area contributed by atoms with Crippen LogP contribution in [-0.4, -0.2) is 33.2 Å². The fourth-order valence-electron chi connectivity index (χ4n) is 1.92. The van der Waals surface area contributed by atoms with Gasteiger partial charge in [-0.2, -0.15) is 0 Å². The average molecular weight is 258 g/mol. The van der Waals surface area contributed by atoms with Gasteiger partial charge in [0.05, 0.1) is 5.92 Å². The monoisotopic (exact) mass is 258 g/mol. The topological polar surface area (TPSA) is 112 Å². The molecule has 18 heavy (non-hydrogen) atoms. The van der Waals surface area contributed by atoms with Crippen LogP contribution in [0.2, 0.25) is 0 Å². The average Bonchev–Trinajstić information content (AvgIpc) is 2.21. The third kappa shape index (κ3) is 3.09. The second-order valence-corrected chi connectivity index (χ2v) is 4.59. The molecule has 0 amide bonds. The van der Waals surface area contributed by atoms with Crippen LogP contribution in [0.15, 0.2) is 12.7 Å². The third-order valence-electron chi connectivity index (χ3n) is 2.83. The molecule has 0 heterocycles. The van der Waals surface area contributed by atoms with Crippen LogP contribution in [0.1, 0.15) is 26.7 Å². The van der Waals surface area contributed by atoms with E-state index >= 15 is 0 Å². The molecule has 3 N–H and O–H groups in total. The molecule has 0 aliphatic heterocycles. The van der Waals surface area contributed by atoms with Gasteiger partial charge in [0, 0.05) is 0 Å². The van der Waals surface area contributed by atoms with E-state index in [1.807, 2.05) is 0 Å². The molecule has 0 aliphatic carbocycles. The zero-order chi connectivity index (χ0) is 14.5. The number of hydrogen-bond donors (Lipinski definition) is 3. The van der Waals surface area contributed by atoms with Crippen LogP contribution in [0.5, 0.6) is 0 Å². The molecule has 0 aliphatic rings. The van der Waals surface area contributed by atoms with Gasteiger partial charge >= 0.3 is 17.9 Å². The number of allylic oxidation sites excluding steroid dienone is 1. The Balaban J connectivity index is 5.75. The highest BCUT2D eigenvalue weighted by Crippen LogP contribution is 2.37. The highest BCUT2D eigenvalue weighted by atomic mass is 16.4. The summed E-state index contributed by atoms with van der Waals surface area (Å²) in [6, 6.07) is 0. The Morgan fingerprint density at radius 1 is 1.17 bits per heavy atom. The molecule has 0 fully saturated rings. The smallest absolute Gasteiger partial charge is 0.322 e. The summed E-state index contributed by atoms with van der Waals surface area (Å²) in [6.45, 7) is 6.72. The van der Waals surface area contributed by atoms with E-state index in [4.69, 9.17) is 15.3 Å². The molecule has 0 aromatic rings. The first-order chi connectivity index (χ1) is 8.20. The summed E-state index contributed by atoms with van der Waals surface area (Å²) in [7, 11) is 0. The van der Waals surface area contributed by atoms with Gasteiger partial charge in [-0.15, -0.1) is 6.58 Å². The van der Waals surface area contributed by atoms with E-state index in [2.05, 4.69) is 6.58 Å². The Morgan fingerprint density at radius 3 is 1.83 bits per heavy atom. The molecular formula is C12H18O6. The van der Waals surface area contributed by atoms with Crippen LogP contribution < -0.4 is 0 Å². The predicted octanol–water partition coefficient (Wildman–Crippen LogP) is 1.47. The number of carboxylic acids is 3. The van der Waals surface area contributed by atoms with Crippen molar-refractivity contribution >= 4 is 17.9 Å². The maximum Gasteiger partial charge on any atom is 0.322 e. The number of rotatable bonds is 8. The Labute approximate surface area is 105 Å². The lowest BCUT2D eigenvalue weighted by atomic mass is 9.69. The molecule has 6 nitrogen and oxygen atoms in total. The van der Waals surface area contributed by atoms with Gasteiger partial charge in [0.2, 0.25) is 0 Å². The fourth-order valence-corrected chi connectivity index (χ4v) is 1.92. The van der Waals surface area contributed by atoms with E-state index in [0.717, 1.165) is 6.08 Å². The van der Waals surface area contributed by atoms with Crippen LogP contribution in [0.25, 0.3) is 0 Å². The maximum atomic E-state index is 11.3. The first kappa shape index (κ1) is 16.1. The summed E-state index contributed by atoms with van der Waals surface area (Å²) in [6.07, 6.45) is 0.668. The predicted molar refractivity (Wildman–Crippen MR) is 63.1 cm³/mol. The van der Waals surface area contributed by atoms with E-state index < -0.39 is 35.7 Å². The largest absolute Gasteiger partial charge is 0.481 e. The summed E-state index contributed by atoms with van der Waals surface area (Å²) in [4.78, 5) is 33.8. The van der Waals surface area contributed by atoms with Crippen LogP contribution >= 0.6 is 0 Å². The maximum absolute atomic E-state index is 11.3. The molecule has 0 saturated carbocycles. The van der Waals surface area contributed by atoms with E-state index in [0.29, 0.717) is 0 Å². The first-order valence-corrected chi connectivity index (χ1v) is 5.50. The molecule has 0 bridgehead atoms. The fraction of sp³-hybridized carbons (Fsp3) is 0.583. The summed E-state index contributed by atoms with van der Waals surface area (Å²) < 4.78 is 0. The van der Waals surface area contributed by atoms with Crippen molar-refractivity contribution in [3.8, 4) is 0 Å². The van der Waals surface area contributed by atoms with Crippen LogP contribution in [0.4, 0.5) is 0 Å². The van der Waals surface area contributed by atoms with Crippen molar-refractivity contribution < 1.29 is 29.7 Å². The number of carbonyl (C=O) groups is 3. The zero-order valence-electron chi connectivity index (χ0n) is 10.4. The molecule has 6 heteroatoms. The van der Waals surface area contributed by atoms with E-state index in [1.54, 1.807) is 13.8 Å². The van der Waals surface area contributed by atoms with Gasteiger partial charge in [-0.25, -0.2) is 0 Å². The molecule has 0 spiro atoms. The van der Waals surface area contributed by atoms with E-state index in [-0.39, 0.29) is 12.3 Å². The molecule has 0 saturated heterocycles. The molecule has 0 radical (unpaired) electrons. The lowest BCUT2D eigenvalue weighted by Gasteiger charge is -2.30. The van der Waals surface area contributed by atoms with Crippen LogP contribution in [0, 0.1) is 17.3 Å². The highest BCUT2D eigenvalue weighted by Gasteiger charge is 2.55. The Hall–Kier alpha value is -1.85. The van der Waals surface area contributed by atoms with Crippen molar-refractivity contribution in [2.45, 2.75) is 26.7 Å². The van der Waals surface area contributed by atoms with Crippen molar-refractivity contribution in [2.24, 2.45) is 17.3 Å². The third-order valence-corrected chi connectivity index (χ3v) is 2.83. The minimum absolute atomic E-state index is 0.0260. The lowest BCUT2D eigenvalue weighted by Crippen LogP contribution is -2.49. The van der Waals surface area contributed by atoms with Gasteiger partial charge < -0.3 is 15.3 Å². The second-order valence-electron chi connectivity index (χ2n) is 4.59. The normalized spacial score (nSPS) is 13.1. The molecular weight excluding hydrogens is 240 g/mol. The first-order valence-electron chi connectivity index (χ1n) is 5.50. The summed E-state index contributed by atoms with van der Waals surface area (Å²) in [5.74, 6) is -6.35. The van der Waals surface area contributed by atoms with E-state index in [9.17, 15) is 14.4 Å². The summed E-state index contributed by atoms with van der Waals surface area (Å²) in [5, 5.41) is 27.5. The van der Waals surface area contributed by atoms with Crippen LogP contribution in [0.3, 0.4) is 0 Å². The van der Waals surface area contributed by atoms with Gasteiger partial charge in [0.25, 0.3) is 0 Å². The van der Waals surface area contributed by atoms with Crippen LogP contribution in [-0.2, 0) is 14.4 Å². The Morgan fingerprint density at radius 2 is 1.61 bits per heavy atom. The summed E-state index contributed by atoms with van der Waals surface area (Å²) >= 11 is 0. The minimum Gasteiger partial charge on any atom is -0.481 e. The van der Waals surface area contributed by atoms with Gasteiger partial charge in [0.15, 0.2) is 5.41 Å².